The van der Waals surface area contributed by atoms with Crippen molar-refractivity contribution in [3.63, 3.8) is 0 Å². The molecule has 102 valence electrons. The lowest BCUT2D eigenvalue weighted by atomic mass is 10.1. The average Bonchev–Trinajstić information content (AvgIpc) is 2.27. The van der Waals surface area contributed by atoms with Crippen LogP contribution in [0.5, 0.6) is 11.5 Å². The molecule has 0 saturated heterocycles. The van der Waals surface area contributed by atoms with E-state index in [1.807, 2.05) is 5.32 Å². The van der Waals surface area contributed by atoms with Crippen LogP contribution < -0.4 is 11.1 Å². The molecule has 8 heteroatoms. The number of nitrogens with two attached hydrogens (primary N) is 1. The molecule has 1 atom stereocenters. The molecule has 0 aliphatic carbocycles. The summed E-state index contributed by atoms with van der Waals surface area (Å²) in [5.41, 5.74) is 4.38. The number of benzene rings is 1. The molecule has 0 aliphatic rings. The van der Waals surface area contributed by atoms with Crippen LogP contribution in [0.4, 0.5) is 0 Å². The quantitative estimate of drug-likeness (QED) is 0.469. The fraction of sp³-hybridized carbons (Fsp3) is 0.182. The van der Waals surface area contributed by atoms with E-state index in [1.165, 1.54) is 6.07 Å². The van der Waals surface area contributed by atoms with Gasteiger partial charge in [0.15, 0.2) is 0 Å². The molecule has 0 aromatic heterocycles. The van der Waals surface area contributed by atoms with Crippen molar-refractivity contribution in [2.75, 3.05) is 0 Å². The van der Waals surface area contributed by atoms with E-state index in [1.54, 1.807) is 0 Å². The Morgan fingerprint density at radius 2 is 1.74 bits per heavy atom. The second kappa shape index (κ2) is 5.71. The van der Waals surface area contributed by atoms with Crippen molar-refractivity contribution in [3.8, 4) is 11.5 Å². The van der Waals surface area contributed by atoms with Crippen molar-refractivity contribution in [1.29, 1.82) is 0 Å². The minimum Gasteiger partial charge on any atom is -0.507 e. The molecule has 2 amide bonds. The van der Waals surface area contributed by atoms with E-state index in [-0.39, 0.29) is 0 Å². The summed E-state index contributed by atoms with van der Waals surface area (Å²) in [6.45, 7) is 0. The van der Waals surface area contributed by atoms with Crippen LogP contribution in [-0.2, 0) is 9.59 Å². The zero-order valence-electron chi connectivity index (χ0n) is 9.66. The summed E-state index contributed by atoms with van der Waals surface area (Å²) in [7, 11) is 0. The molecule has 0 bridgehead atoms. The predicted molar refractivity (Wildman–Crippen MR) is 62.5 cm³/mol. The second-order valence-electron chi connectivity index (χ2n) is 3.71. The number of carbonyl (C=O) groups is 3. The Morgan fingerprint density at radius 1 is 1.21 bits per heavy atom. The van der Waals surface area contributed by atoms with Crippen LogP contribution >= 0.6 is 0 Å². The standard InChI is InChI=1S/C11H12N2O6/c12-8(16)4-5(11(18)19)13-10(17)9-6(14)2-1-3-7(9)15/h1-3,5,14-15H,4H2,(H2,12,16)(H,13,17)(H,18,19)/t5-/m0/s1. The number of phenols is 2. The van der Waals surface area contributed by atoms with Crippen molar-refractivity contribution in [3.05, 3.63) is 23.8 Å². The normalized spacial score (nSPS) is 11.6. The van der Waals surface area contributed by atoms with Crippen molar-refractivity contribution in [2.45, 2.75) is 12.5 Å². The minimum atomic E-state index is -1.54. The van der Waals surface area contributed by atoms with Gasteiger partial charge in [-0.15, -0.1) is 0 Å². The first-order valence-electron chi connectivity index (χ1n) is 5.16. The highest BCUT2D eigenvalue weighted by Gasteiger charge is 2.25. The van der Waals surface area contributed by atoms with Gasteiger partial charge in [0.2, 0.25) is 5.91 Å². The average molecular weight is 268 g/mol. The molecule has 0 radical (unpaired) electrons. The number of carboxylic acids is 1. The van der Waals surface area contributed by atoms with Gasteiger partial charge in [-0.1, -0.05) is 6.07 Å². The van der Waals surface area contributed by atoms with E-state index >= 15 is 0 Å². The van der Waals surface area contributed by atoms with Gasteiger partial charge in [0, 0.05) is 0 Å². The molecule has 0 heterocycles. The summed E-state index contributed by atoms with van der Waals surface area (Å²) in [5, 5.41) is 29.7. The summed E-state index contributed by atoms with van der Waals surface area (Å²) in [5.74, 6) is -4.41. The van der Waals surface area contributed by atoms with E-state index in [9.17, 15) is 24.6 Å². The number of hydrogen-bond acceptors (Lipinski definition) is 5. The number of hydrogen-bond donors (Lipinski definition) is 5. The summed E-state index contributed by atoms with van der Waals surface area (Å²) < 4.78 is 0. The topological polar surface area (TPSA) is 150 Å². The third-order valence-corrected chi connectivity index (χ3v) is 2.26. The molecular formula is C11H12N2O6. The van der Waals surface area contributed by atoms with Gasteiger partial charge in [-0.25, -0.2) is 4.79 Å². The van der Waals surface area contributed by atoms with Gasteiger partial charge in [-0.3, -0.25) is 9.59 Å². The van der Waals surface area contributed by atoms with Crippen molar-refractivity contribution in [1.82, 2.24) is 5.32 Å². The molecule has 6 N–H and O–H groups in total. The Balaban J connectivity index is 2.94. The lowest BCUT2D eigenvalue weighted by Crippen LogP contribution is -2.43. The Bertz CT molecular complexity index is 508. The van der Waals surface area contributed by atoms with Crippen LogP contribution in [0.25, 0.3) is 0 Å². The Morgan fingerprint density at radius 3 is 2.16 bits per heavy atom. The van der Waals surface area contributed by atoms with Crippen LogP contribution in [0.2, 0.25) is 0 Å². The molecule has 8 nitrogen and oxygen atoms in total. The number of aliphatic carboxylic acids is 1. The van der Waals surface area contributed by atoms with E-state index in [4.69, 9.17) is 10.8 Å². The first-order valence-corrected chi connectivity index (χ1v) is 5.16. The van der Waals surface area contributed by atoms with Crippen LogP contribution in [0.3, 0.4) is 0 Å². The summed E-state index contributed by atoms with van der Waals surface area (Å²) in [4.78, 5) is 33.2. The summed E-state index contributed by atoms with van der Waals surface area (Å²) in [6, 6.07) is 2.07. The third-order valence-electron chi connectivity index (χ3n) is 2.26. The van der Waals surface area contributed by atoms with Crippen molar-refractivity contribution >= 4 is 17.8 Å². The van der Waals surface area contributed by atoms with Crippen molar-refractivity contribution < 1.29 is 29.7 Å². The maximum atomic E-state index is 11.7. The number of primary amides is 1. The zero-order chi connectivity index (χ0) is 14.6. The number of aromatic hydroxyl groups is 2. The maximum absolute atomic E-state index is 11.7. The Labute approximate surface area is 107 Å². The number of carboxylic acid groups (broad SMARTS) is 1. The van der Waals surface area contributed by atoms with Gasteiger partial charge in [-0.05, 0) is 12.1 Å². The van der Waals surface area contributed by atoms with Crippen molar-refractivity contribution in [2.24, 2.45) is 5.73 Å². The fourth-order valence-electron chi connectivity index (χ4n) is 1.39. The highest BCUT2D eigenvalue weighted by molar-refractivity contribution is 6.01. The number of carbonyl (C=O) groups excluding carboxylic acids is 2. The van der Waals surface area contributed by atoms with Crippen LogP contribution in [0.15, 0.2) is 18.2 Å². The predicted octanol–water partition coefficient (Wildman–Crippen LogP) is -0.844. The second-order valence-corrected chi connectivity index (χ2v) is 3.71. The molecule has 1 aromatic rings. The molecule has 0 saturated carbocycles. The molecule has 0 aliphatic heterocycles. The first kappa shape index (κ1) is 14.3. The van der Waals surface area contributed by atoms with Gasteiger partial charge in [0.1, 0.15) is 23.1 Å². The van der Waals surface area contributed by atoms with Gasteiger partial charge in [0.25, 0.3) is 5.91 Å². The SMILES string of the molecule is NC(=O)C[C@H](NC(=O)c1c(O)cccc1O)C(=O)O. The molecule has 19 heavy (non-hydrogen) atoms. The molecule has 0 fully saturated rings. The maximum Gasteiger partial charge on any atom is 0.326 e. The molecule has 1 rings (SSSR count). The van der Waals surface area contributed by atoms with Crippen LogP contribution in [0, 0.1) is 0 Å². The number of amides is 2. The highest BCUT2D eigenvalue weighted by atomic mass is 16.4. The largest absolute Gasteiger partial charge is 0.507 e. The van der Waals surface area contributed by atoms with Crippen LogP contribution in [-0.4, -0.2) is 39.1 Å². The minimum absolute atomic E-state index is 0.474. The fourth-order valence-corrected chi connectivity index (χ4v) is 1.39. The third kappa shape index (κ3) is 3.60. The highest BCUT2D eigenvalue weighted by Crippen LogP contribution is 2.26. The van der Waals surface area contributed by atoms with E-state index < -0.39 is 47.3 Å². The lowest BCUT2D eigenvalue weighted by Gasteiger charge is -2.14. The van der Waals surface area contributed by atoms with E-state index in [0.717, 1.165) is 12.1 Å². The zero-order valence-corrected chi connectivity index (χ0v) is 9.66. The van der Waals surface area contributed by atoms with Gasteiger partial charge in [0.05, 0.1) is 6.42 Å². The molecule has 1 aromatic carbocycles. The van der Waals surface area contributed by atoms with Gasteiger partial charge in [-0.2, -0.15) is 0 Å². The van der Waals surface area contributed by atoms with Gasteiger partial charge < -0.3 is 26.4 Å². The Hall–Kier alpha value is -2.77. The monoisotopic (exact) mass is 268 g/mol. The number of phenolic OH excluding ortho intramolecular Hbond substituents is 2. The summed E-state index contributed by atoms with van der Waals surface area (Å²) >= 11 is 0. The smallest absolute Gasteiger partial charge is 0.326 e. The number of rotatable bonds is 5. The first-order chi connectivity index (χ1) is 8.82. The molecular weight excluding hydrogens is 256 g/mol. The molecule has 0 unspecified atom stereocenters. The van der Waals surface area contributed by atoms with Gasteiger partial charge >= 0.3 is 5.97 Å². The Kier molecular flexibility index (Phi) is 4.30. The summed E-state index contributed by atoms with van der Waals surface area (Å²) in [6.07, 6.45) is -0.602. The molecule has 0 spiro atoms. The lowest BCUT2D eigenvalue weighted by molar-refractivity contribution is -0.140. The number of nitrogens with one attached hydrogen (secondary N) is 1. The van der Waals surface area contributed by atoms with E-state index in [2.05, 4.69) is 0 Å². The van der Waals surface area contributed by atoms with Crippen LogP contribution in [0.1, 0.15) is 16.8 Å². The van der Waals surface area contributed by atoms with E-state index in [0.29, 0.717) is 0 Å².